The van der Waals surface area contributed by atoms with Crippen molar-refractivity contribution in [2.45, 2.75) is 0 Å². The Morgan fingerprint density at radius 2 is 1.45 bits per heavy atom. The van der Waals surface area contributed by atoms with Crippen LogP contribution in [0.3, 0.4) is 0 Å². The van der Waals surface area contributed by atoms with Crippen LogP contribution in [-0.2, 0) is 9.36 Å². The molecule has 0 aliphatic rings. The molecule has 8 heteroatoms. The van der Waals surface area contributed by atoms with Gasteiger partial charge in [0.1, 0.15) is 5.70 Å². The number of carboxylic acids is 1. The van der Waals surface area contributed by atoms with Crippen LogP contribution in [0.1, 0.15) is 0 Å². The first-order valence-electron chi connectivity index (χ1n) is 2.28. The van der Waals surface area contributed by atoms with E-state index in [-0.39, 0.29) is 5.70 Å². The number of carboxylic acid groups (broad SMARTS) is 1. The van der Waals surface area contributed by atoms with Gasteiger partial charge in [-0.2, -0.15) is 0 Å². The van der Waals surface area contributed by atoms with Crippen LogP contribution in [0, 0.1) is 0 Å². The largest absolute Gasteiger partial charge is 0.477 e. The second-order valence-electron chi connectivity index (χ2n) is 1.59. The lowest BCUT2D eigenvalue weighted by Gasteiger charge is -1.88. The van der Waals surface area contributed by atoms with Gasteiger partial charge in [0.25, 0.3) is 7.59 Å². The molecule has 0 fully saturated rings. The molecule has 7 nitrogen and oxygen atoms in total. The molecule has 0 rings (SSSR count). The molecule has 0 saturated carbocycles. The molecule has 0 aromatic carbocycles. The van der Waals surface area contributed by atoms with Crippen molar-refractivity contribution < 1.29 is 14.5 Å². The van der Waals surface area contributed by atoms with Crippen LogP contribution in [0.2, 0.25) is 0 Å². The summed E-state index contributed by atoms with van der Waals surface area (Å²) in [6, 6.07) is 0. The van der Waals surface area contributed by atoms with Gasteiger partial charge in [0, 0.05) is 0 Å². The Bertz CT molecular complexity index is 176. The van der Waals surface area contributed by atoms with Gasteiger partial charge in [-0.25, -0.2) is 4.79 Å². The fourth-order valence-corrected chi connectivity index (χ4v) is 0. The molecular formula is C3H11N4O3P. The van der Waals surface area contributed by atoms with Crippen LogP contribution in [-0.4, -0.2) is 11.1 Å². The van der Waals surface area contributed by atoms with Gasteiger partial charge >= 0.3 is 5.97 Å². The highest BCUT2D eigenvalue weighted by Crippen LogP contribution is 2.06. The first kappa shape index (κ1) is 12.8. The van der Waals surface area contributed by atoms with Gasteiger partial charge in [-0.3, -0.25) is 21.1 Å². The first-order chi connectivity index (χ1) is 4.64. The summed E-state index contributed by atoms with van der Waals surface area (Å²) in [5, 5.41) is 7.77. The van der Waals surface area contributed by atoms with E-state index in [1.165, 1.54) is 0 Å². The van der Waals surface area contributed by atoms with Crippen molar-refractivity contribution >= 4 is 13.6 Å². The SMILES string of the molecule is C=C(N)C(=O)O.NP(N)(N)=O. The molecule has 0 radical (unpaired) electrons. The second-order valence-corrected chi connectivity index (χ2v) is 3.12. The molecule has 0 heterocycles. The zero-order chi connectivity index (χ0) is 9.65. The summed E-state index contributed by atoms with van der Waals surface area (Å²) in [5.41, 5.74) is 17.7. The van der Waals surface area contributed by atoms with Crippen molar-refractivity contribution in [3.8, 4) is 0 Å². The van der Waals surface area contributed by atoms with Gasteiger partial charge in [0.05, 0.1) is 0 Å². The van der Waals surface area contributed by atoms with Crippen molar-refractivity contribution in [3.63, 3.8) is 0 Å². The topological polar surface area (TPSA) is 158 Å². The summed E-state index contributed by atoms with van der Waals surface area (Å²) in [6.07, 6.45) is 0. The van der Waals surface area contributed by atoms with Gasteiger partial charge in [0.2, 0.25) is 0 Å². The molecule has 0 aromatic rings. The van der Waals surface area contributed by atoms with Crippen molar-refractivity contribution in [2.24, 2.45) is 22.2 Å². The van der Waals surface area contributed by atoms with E-state index in [0.29, 0.717) is 0 Å². The average molecular weight is 182 g/mol. The molecule has 0 amide bonds. The summed E-state index contributed by atoms with van der Waals surface area (Å²) in [5.74, 6) is -1.16. The van der Waals surface area contributed by atoms with Crippen LogP contribution in [0.15, 0.2) is 12.3 Å². The number of rotatable bonds is 1. The maximum atomic E-state index is 9.55. The second kappa shape index (κ2) is 4.86. The van der Waals surface area contributed by atoms with E-state index in [2.05, 4.69) is 28.8 Å². The van der Waals surface area contributed by atoms with Crippen LogP contribution in [0.4, 0.5) is 0 Å². The summed E-state index contributed by atoms with van der Waals surface area (Å²) < 4.78 is 9.55. The van der Waals surface area contributed by atoms with E-state index in [1.807, 2.05) is 0 Å². The lowest BCUT2D eigenvalue weighted by atomic mass is 10.5. The van der Waals surface area contributed by atoms with Gasteiger partial charge in [-0.15, -0.1) is 0 Å². The zero-order valence-corrected chi connectivity index (χ0v) is 6.62. The molecule has 11 heavy (non-hydrogen) atoms. The number of hydrogen-bond donors (Lipinski definition) is 5. The average Bonchev–Trinajstić information content (AvgIpc) is 1.59. The third-order valence-corrected chi connectivity index (χ3v) is 0.275. The quantitative estimate of drug-likeness (QED) is 0.244. The minimum atomic E-state index is -3.14. The normalized spacial score (nSPS) is 9.36. The molecule has 9 N–H and O–H groups in total. The number of hydrogen-bond acceptors (Lipinski definition) is 3. The van der Waals surface area contributed by atoms with Gasteiger partial charge in [-0.05, 0) is 0 Å². The minimum absolute atomic E-state index is 0.324. The van der Waals surface area contributed by atoms with E-state index in [4.69, 9.17) is 5.11 Å². The Labute approximate surface area is 63.6 Å². The van der Waals surface area contributed by atoms with Crippen molar-refractivity contribution in [1.29, 1.82) is 0 Å². The predicted octanol–water partition coefficient (Wildman–Crippen LogP) is -1.49. The molecule has 0 bridgehead atoms. The highest BCUT2D eigenvalue weighted by atomic mass is 31.2. The first-order valence-corrected chi connectivity index (χ1v) is 4.19. The van der Waals surface area contributed by atoms with Crippen molar-refractivity contribution in [3.05, 3.63) is 12.3 Å². The van der Waals surface area contributed by atoms with Gasteiger partial charge in [0.15, 0.2) is 0 Å². The summed E-state index contributed by atoms with van der Waals surface area (Å²) in [6.45, 7) is 2.93. The Kier molecular flexibility index (Phi) is 5.64. The standard InChI is InChI=1S/C3H5NO2.H6N3OP/c1-2(4)3(5)6;1-5(2,3)4/h1,4H2,(H,5,6);(H6,1,2,3,4). The lowest BCUT2D eigenvalue weighted by Crippen LogP contribution is -2.12. The van der Waals surface area contributed by atoms with Gasteiger partial charge < -0.3 is 10.8 Å². The Morgan fingerprint density at radius 1 is 1.36 bits per heavy atom. The molecule has 0 unspecified atom stereocenters. The van der Waals surface area contributed by atoms with Crippen LogP contribution < -0.4 is 22.2 Å². The summed E-state index contributed by atoms with van der Waals surface area (Å²) in [7, 11) is -3.14. The van der Waals surface area contributed by atoms with E-state index in [0.717, 1.165) is 0 Å². The Morgan fingerprint density at radius 3 is 1.45 bits per heavy atom. The van der Waals surface area contributed by atoms with Crippen LogP contribution in [0.25, 0.3) is 0 Å². The fourth-order valence-electron chi connectivity index (χ4n) is 0. The summed E-state index contributed by atoms with van der Waals surface area (Å²) >= 11 is 0. The van der Waals surface area contributed by atoms with Crippen molar-refractivity contribution in [2.75, 3.05) is 0 Å². The third kappa shape index (κ3) is 47.5. The smallest absolute Gasteiger partial charge is 0.351 e. The molecule has 0 spiro atoms. The maximum absolute atomic E-state index is 9.55. The highest BCUT2D eigenvalue weighted by Gasteiger charge is 1.91. The fraction of sp³-hybridized carbons (Fsp3) is 0. The third-order valence-electron chi connectivity index (χ3n) is 0.275. The molecular weight excluding hydrogens is 171 g/mol. The predicted molar refractivity (Wildman–Crippen MR) is 41.1 cm³/mol. The number of carbonyl (C=O) groups is 1. The molecule has 0 aromatic heterocycles. The molecule has 66 valence electrons. The van der Waals surface area contributed by atoms with E-state index < -0.39 is 13.6 Å². The van der Waals surface area contributed by atoms with E-state index in [9.17, 15) is 9.36 Å². The van der Waals surface area contributed by atoms with Gasteiger partial charge in [-0.1, -0.05) is 6.58 Å². The number of nitrogens with two attached hydrogens (primary N) is 4. The molecule has 0 aliphatic carbocycles. The summed E-state index contributed by atoms with van der Waals surface area (Å²) in [4.78, 5) is 9.47. The molecule has 0 saturated heterocycles. The van der Waals surface area contributed by atoms with Crippen LogP contribution in [0.5, 0.6) is 0 Å². The van der Waals surface area contributed by atoms with Crippen LogP contribution >= 0.6 is 7.59 Å². The number of aliphatic carboxylic acids is 1. The molecule has 0 aliphatic heterocycles. The van der Waals surface area contributed by atoms with Crippen molar-refractivity contribution in [1.82, 2.24) is 0 Å². The maximum Gasteiger partial charge on any atom is 0.351 e. The monoisotopic (exact) mass is 182 g/mol. The highest BCUT2D eigenvalue weighted by molar-refractivity contribution is 7.56. The zero-order valence-electron chi connectivity index (χ0n) is 5.73. The Balaban J connectivity index is 0. The van der Waals surface area contributed by atoms with E-state index in [1.54, 1.807) is 0 Å². The minimum Gasteiger partial charge on any atom is -0.477 e. The molecule has 0 atom stereocenters. The lowest BCUT2D eigenvalue weighted by molar-refractivity contribution is -0.132. The van der Waals surface area contributed by atoms with E-state index >= 15 is 0 Å². The Hall–Kier alpha value is -0.880.